The second-order valence-electron chi connectivity index (χ2n) is 7.78. The maximum atomic E-state index is 11.6. The number of carbonyl (C=O) groups is 1. The number of anilines is 1. The van der Waals surface area contributed by atoms with E-state index < -0.39 is 11.7 Å². The number of benzene rings is 1. The van der Waals surface area contributed by atoms with Gasteiger partial charge in [-0.3, -0.25) is 4.99 Å². The summed E-state index contributed by atoms with van der Waals surface area (Å²) in [7, 11) is 4.09. The highest BCUT2D eigenvalue weighted by Crippen LogP contribution is 2.13. The topological polar surface area (TPSA) is 78.0 Å². The Labute approximate surface area is 169 Å². The van der Waals surface area contributed by atoms with Gasteiger partial charge in [-0.05, 0) is 58.2 Å². The number of amides is 1. The summed E-state index contributed by atoms with van der Waals surface area (Å²) in [6, 6.07) is 8.62. The number of aryl methyl sites for hydroxylation is 1. The van der Waals surface area contributed by atoms with Crippen LogP contribution in [0.15, 0.2) is 29.3 Å². The predicted molar refractivity (Wildman–Crippen MR) is 117 cm³/mol. The van der Waals surface area contributed by atoms with E-state index >= 15 is 0 Å². The molecule has 28 heavy (non-hydrogen) atoms. The molecule has 0 heterocycles. The minimum absolute atomic E-state index is 0.406. The standard InChI is InChI=1S/C21H37N5O2/c1-7-22-19(24-15-16-25-20(27)28-21(2,3)4)23-14-8-9-17-10-12-18(13-11-17)26(5)6/h10-13H,7-9,14-16H2,1-6H3,(H,25,27)(H2,22,23,24). The van der Waals surface area contributed by atoms with E-state index in [4.69, 9.17) is 4.74 Å². The third kappa shape index (κ3) is 10.6. The van der Waals surface area contributed by atoms with Crippen LogP contribution in [-0.4, -0.2) is 57.9 Å². The zero-order chi connectivity index (χ0) is 21.0. The predicted octanol–water partition coefficient (Wildman–Crippen LogP) is 2.77. The van der Waals surface area contributed by atoms with E-state index in [1.807, 2.05) is 41.8 Å². The summed E-state index contributed by atoms with van der Waals surface area (Å²) in [6.45, 7) is 10.1. The second-order valence-corrected chi connectivity index (χ2v) is 7.78. The molecule has 158 valence electrons. The Balaban J connectivity index is 2.32. The summed E-state index contributed by atoms with van der Waals surface area (Å²) in [5.74, 6) is 0.761. The molecule has 0 fully saturated rings. The first-order valence-corrected chi connectivity index (χ1v) is 9.96. The lowest BCUT2D eigenvalue weighted by atomic mass is 10.1. The van der Waals surface area contributed by atoms with Crippen molar-refractivity contribution >= 4 is 17.7 Å². The lowest BCUT2D eigenvalue weighted by molar-refractivity contribution is 0.0529. The molecule has 0 atom stereocenters. The SMILES string of the molecule is CCNC(=NCCCc1ccc(N(C)C)cc1)NCCNC(=O)OC(C)(C)C. The van der Waals surface area contributed by atoms with Crippen molar-refractivity contribution in [2.45, 2.75) is 46.1 Å². The number of aliphatic imine (C=N–C) groups is 1. The Morgan fingerprint density at radius 2 is 1.71 bits per heavy atom. The van der Waals surface area contributed by atoms with Gasteiger partial charge in [0.25, 0.3) is 0 Å². The van der Waals surface area contributed by atoms with Gasteiger partial charge < -0.3 is 25.6 Å². The van der Waals surface area contributed by atoms with Crippen LogP contribution < -0.4 is 20.9 Å². The largest absolute Gasteiger partial charge is 0.444 e. The normalized spacial score (nSPS) is 11.7. The highest BCUT2D eigenvalue weighted by Gasteiger charge is 2.15. The van der Waals surface area contributed by atoms with Crippen LogP contribution >= 0.6 is 0 Å². The third-order valence-corrected chi connectivity index (χ3v) is 3.78. The van der Waals surface area contributed by atoms with Crippen LogP contribution in [0.2, 0.25) is 0 Å². The molecule has 0 aliphatic heterocycles. The van der Waals surface area contributed by atoms with Gasteiger partial charge in [0.2, 0.25) is 0 Å². The van der Waals surface area contributed by atoms with Crippen LogP contribution in [0.5, 0.6) is 0 Å². The molecular formula is C21H37N5O2. The maximum absolute atomic E-state index is 11.6. The fraction of sp³-hybridized carbons (Fsp3) is 0.619. The van der Waals surface area contributed by atoms with Crippen molar-refractivity contribution in [2.24, 2.45) is 4.99 Å². The summed E-state index contributed by atoms with van der Waals surface area (Å²) in [5, 5.41) is 9.17. The van der Waals surface area contributed by atoms with Gasteiger partial charge in [0.15, 0.2) is 5.96 Å². The summed E-state index contributed by atoms with van der Waals surface area (Å²) in [4.78, 5) is 18.3. The number of carbonyl (C=O) groups excluding carboxylic acids is 1. The minimum atomic E-state index is -0.485. The molecule has 0 aliphatic carbocycles. The highest BCUT2D eigenvalue weighted by atomic mass is 16.6. The van der Waals surface area contributed by atoms with E-state index in [1.54, 1.807) is 0 Å². The molecule has 1 aromatic rings. The van der Waals surface area contributed by atoms with Crippen molar-refractivity contribution in [3.05, 3.63) is 29.8 Å². The first kappa shape index (κ1) is 23.6. The molecule has 0 saturated carbocycles. The molecule has 0 aromatic heterocycles. The van der Waals surface area contributed by atoms with E-state index in [0.29, 0.717) is 13.1 Å². The Hall–Kier alpha value is -2.44. The molecule has 1 aromatic carbocycles. The molecule has 0 saturated heterocycles. The quantitative estimate of drug-likeness (QED) is 0.343. The molecule has 7 nitrogen and oxygen atoms in total. The number of hydrogen-bond donors (Lipinski definition) is 3. The second kappa shape index (κ2) is 12.1. The Morgan fingerprint density at radius 3 is 2.29 bits per heavy atom. The highest BCUT2D eigenvalue weighted by molar-refractivity contribution is 5.79. The number of alkyl carbamates (subject to hydrolysis) is 1. The van der Waals surface area contributed by atoms with Gasteiger partial charge in [-0.2, -0.15) is 0 Å². The van der Waals surface area contributed by atoms with E-state index in [0.717, 1.165) is 31.9 Å². The van der Waals surface area contributed by atoms with Gasteiger partial charge in [-0.1, -0.05) is 12.1 Å². The zero-order valence-corrected chi connectivity index (χ0v) is 18.3. The average Bonchev–Trinajstić information content (AvgIpc) is 2.61. The zero-order valence-electron chi connectivity index (χ0n) is 18.3. The molecule has 0 aliphatic rings. The number of hydrogen-bond acceptors (Lipinski definition) is 4. The third-order valence-electron chi connectivity index (χ3n) is 3.78. The van der Waals surface area contributed by atoms with Crippen LogP contribution in [0.3, 0.4) is 0 Å². The lowest BCUT2D eigenvalue weighted by Gasteiger charge is -2.19. The lowest BCUT2D eigenvalue weighted by Crippen LogP contribution is -2.42. The Bertz CT molecular complexity index is 606. The molecule has 0 bridgehead atoms. The maximum Gasteiger partial charge on any atom is 0.407 e. The van der Waals surface area contributed by atoms with E-state index in [-0.39, 0.29) is 0 Å². The fourth-order valence-corrected chi connectivity index (χ4v) is 2.44. The summed E-state index contributed by atoms with van der Waals surface area (Å²) < 4.78 is 5.21. The molecule has 7 heteroatoms. The number of guanidine groups is 1. The van der Waals surface area contributed by atoms with Gasteiger partial charge in [0, 0.05) is 46.0 Å². The summed E-state index contributed by atoms with van der Waals surface area (Å²) in [6.07, 6.45) is 1.57. The monoisotopic (exact) mass is 391 g/mol. The van der Waals surface area contributed by atoms with Crippen molar-refractivity contribution in [3.63, 3.8) is 0 Å². The van der Waals surface area contributed by atoms with E-state index in [1.165, 1.54) is 11.3 Å². The molecular weight excluding hydrogens is 354 g/mol. The fourth-order valence-electron chi connectivity index (χ4n) is 2.44. The van der Waals surface area contributed by atoms with Crippen molar-refractivity contribution < 1.29 is 9.53 Å². The van der Waals surface area contributed by atoms with Crippen molar-refractivity contribution in [1.82, 2.24) is 16.0 Å². The number of nitrogens with one attached hydrogen (secondary N) is 3. The Morgan fingerprint density at radius 1 is 1.07 bits per heavy atom. The Kier molecular flexibility index (Phi) is 10.2. The molecule has 3 N–H and O–H groups in total. The molecule has 0 radical (unpaired) electrons. The molecule has 0 spiro atoms. The average molecular weight is 392 g/mol. The van der Waals surface area contributed by atoms with Crippen molar-refractivity contribution in [2.75, 3.05) is 45.2 Å². The van der Waals surface area contributed by atoms with Gasteiger partial charge in [-0.15, -0.1) is 0 Å². The first-order valence-electron chi connectivity index (χ1n) is 9.96. The van der Waals surface area contributed by atoms with Gasteiger partial charge in [0.05, 0.1) is 0 Å². The summed E-state index contributed by atoms with van der Waals surface area (Å²) in [5.41, 5.74) is 2.04. The minimum Gasteiger partial charge on any atom is -0.444 e. The molecule has 1 amide bonds. The van der Waals surface area contributed by atoms with Crippen LogP contribution in [0.25, 0.3) is 0 Å². The van der Waals surface area contributed by atoms with E-state index in [9.17, 15) is 4.79 Å². The van der Waals surface area contributed by atoms with Crippen LogP contribution in [-0.2, 0) is 11.2 Å². The number of nitrogens with zero attached hydrogens (tertiary/aromatic N) is 2. The van der Waals surface area contributed by atoms with Crippen LogP contribution in [0, 0.1) is 0 Å². The van der Waals surface area contributed by atoms with E-state index in [2.05, 4.69) is 50.1 Å². The summed E-state index contributed by atoms with van der Waals surface area (Å²) >= 11 is 0. The van der Waals surface area contributed by atoms with Gasteiger partial charge in [0.1, 0.15) is 5.60 Å². The molecule has 1 rings (SSSR count). The van der Waals surface area contributed by atoms with Crippen LogP contribution in [0.1, 0.15) is 39.7 Å². The number of ether oxygens (including phenoxy) is 1. The molecule has 0 unspecified atom stereocenters. The van der Waals surface area contributed by atoms with Gasteiger partial charge in [-0.25, -0.2) is 4.79 Å². The van der Waals surface area contributed by atoms with Crippen molar-refractivity contribution in [1.29, 1.82) is 0 Å². The van der Waals surface area contributed by atoms with Crippen molar-refractivity contribution in [3.8, 4) is 0 Å². The first-order chi connectivity index (χ1) is 13.2. The number of rotatable bonds is 9. The van der Waals surface area contributed by atoms with Gasteiger partial charge >= 0.3 is 6.09 Å². The van der Waals surface area contributed by atoms with Crippen LogP contribution in [0.4, 0.5) is 10.5 Å². The smallest absolute Gasteiger partial charge is 0.407 e.